The predicted molar refractivity (Wildman–Crippen MR) is 140 cm³/mol. The Bertz CT molecular complexity index is 1640. The number of sulfone groups is 1. The van der Waals surface area contributed by atoms with Crippen molar-refractivity contribution in [3.8, 4) is 5.69 Å². The summed E-state index contributed by atoms with van der Waals surface area (Å²) in [6.45, 7) is 1.92. The van der Waals surface area contributed by atoms with Gasteiger partial charge in [0.05, 0.1) is 22.2 Å². The molecule has 0 saturated heterocycles. The molecule has 196 valence electrons. The van der Waals surface area contributed by atoms with Gasteiger partial charge in [0.1, 0.15) is 11.5 Å². The van der Waals surface area contributed by atoms with Crippen molar-refractivity contribution in [3.05, 3.63) is 95.8 Å². The monoisotopic (exact) mass is 532 g/mol. The lowest BCUT2D eigenvalue weighted by molar-refractivity contribution is 0.0483. The zero-order valence-corrected chi connectivity index (χ0v) is 22.2. The van der Waals surface area contributed by atoms with Crippen LogP contribution >= 0.6 is 0 Å². The van der Waals surface area contributed by atoms with Gasteiger partial charge in [-0.05, 0) is 86.6 Å². The second-order valence-corrected chi connectivity index (χ2v) is 13.0. The van der Waals surface area contributed by atoms with Crippen molar-refractivity contribution in [2.24, 2.45) is 18.4 Å². The van der Waals surface area contributed by atoms with Gasteiger partial charge in [0.15, 0.2) is 15.6 Å². The van der Waals surface area contributed by atoms with Crippen LogP contribution in [0, 0.1) is 24.1 Å². The number of fused-ring (bicyclic) bond motifs is 2. The zero-order chi connectivity index (χ0) is 26.7. The van der Waals surface area contributed by atoms with Gasteiger partial charge in [-0.1, -0.05) is 0 Å². The second-order valence-electron chi connectivity index (χ2n) is 10.7. The molecule has 0 radical (unpaired) electrons. The number of carbonyl (C=O) groups excluding carboxylic acids is 1. The van der Waals surface area contributed by atoms with Crippen LogP contribution < -0.4 is 0 Å². The molecule has 2 aliphatic carbocycles. The number of ketones is 1. The van der Waals surface area contributed by atoms with E-state index in [1.165, 1.54) is 12.1 Å². The van der Waals surface area contributed by atoms with Gasteiger partial charge in [0.25, 0.3) is 0 Å². The Morgan fingerprint density at radius 1 is 1.11 bits per heavy atom. The summed E-state index contributed by atoms with van der Waals surface area (Å²) < 4.78 is 44.6. The number of halogens is 1. The molecule has 0 amide bonds. The number of hydrogen-bond donors (Lipinski definition) is 0. The Morgan fingerprint density at radius 2 is 1.89 bits per heavy atom. The summed E-state index contributed by atoms with van der Waals surface area (Å²) in [6, 6.07) is 11.5. The molecule has 6 rings (SSSR count). The SMILES string of the molecule is Cc1ccnc(C(=O)[C@]23Cc4ncn(-c5ccc(F)cc5)c4CC2CC[C@H](S(=O)(=O)c2ccn(C)c2)C3)c1. The second kappa shape index (κ2) is 9.01. The molecule has 1 saturated carbocycles. The molecule has 2 aliphatic rings. The van der Waals surface area contributed by atoms with Crippen LogP contribution in [-0.4, -0.2) is 38.6 Å². The first-order valence-corrected chi connectivity index (χ1v) is 14.4. The number of hydrogen-bond acceptors (Lipinski definition) is 5. The molecular formula is C29H29FN4O3S. The quantitative estimate of drug-likeness (QED) is 0.349. The van der Waals surface area contributed by atoms with Crippen LogP contribution in [0.2, 0.25) is 0 Å². The first-order valence-electron chi connectivity index (χ1n) is 12.8. The van der Waals surface area contributed by atoms with Gasteiger partial charge < -0.3 is 9.13 Å². The molecule has 1 fully saturated rings. The molecule has 1 unspecified atom stereocenters. The maximum atomic E-state index is 14.3. The first-order chi connectivity index (χ1) is 18.2. The van der Waals surface area contributed by atoms with Crippen LogP contribution in [0.4, 0.5) is 4.39 Å². The van der Waals surface area contributed by atoms with E-state index in [2.05, 4.69) is 9.97 Å². The normalized spacial score (nSPS) is 23.0. The lowest BCUT2D eigenvalue weighted by Crippen LogP contribution is -2.51. The van der Waals surface area contributed by atoms with E-state index in [9.17, 15) is 17.6 Å². The summed E-state index contributed by atoms with van der Waals surface area (Å²) in [7, 11) is -1.83. The van der Waals surface area contributed by atoms with E-state index < -0.39 is 20.5 Å². The predicted octanol–water partition coefficient (Wildman–Crippen LogP) is 4.66. The van der Waals surface area contributed by atoms with E-state index in [0.717, 1.165) is 22.6 Å². The topological polar surface area (TPSA) is 86.8 Å². The average Bonchev–Trinajstić information content (AvgIpc) is 3.53. The Balaban J connectivity index is 1.43. The fraction of sp³-hybridized carbons (Fsp3) is 0.345. The number of nitrogens with zero attached hydrogens (tertiary/aromatic N) is 4. The van der Waals surface area contributed by atoms with Crippen LogP contribution in [0.25, 0.3) is 5.69 Å². The number of pyridine rings is 1. The van der Waals surface area contributed by atoms with Crippen molar-refractivity contribution in [1.82, 2.24) is 19.1 Å². The summed E-state index contributed by atoms with van der Waals surface area (Å²) in [5.41, 5.74) is 2.95. The lowest BCUT2D eigenvalue weighted by atomic mass is 9.57. The molecule has 0 aliphatic heterocycles. The zero-order valence-electron chi connectivity index (χ0n) is 21.3. The van der Waals surface area contributed by atoms with Crippen LogP contribution in [-0.2, 0) is 29.7 Å². The highest BCUT2D eigenvalue weighted by Crippen LogP contribution is 2.52. The van der Waals surface area contributed by atoms with E-state index in [4.69, 9.17) is 0 Å². The number of rotatable bonds is 5. The smallest absolute Gasteiger partial charge is 0.188 e. The van der Waals surface area contributed by atoms with E-state index >= 15 is 0 Å². The van der Waals surface area contributed by atoms with Gasteiger partial charge in [0.2, 0.25) is 0 Å². The Hall–Kier alpha value is -3.59. The molecule has 0 spiro atoms. The highest BCUT2D eigenvalue weighted by molar-refractivity contribution is 7.92. The number of imidazole rings is 1. The van der Waals surface area contributed by atoms with Crippen LogP contribution in [0.5, 0.6) is 0 Å². The summed E-state index contributed by atoms with van der Waals surface area (Å²) in [5.74, 6) is -0.486. The largest absolute Gasteiger partial charge is 0.356 e. The molecule has 7 nitrogen and oxygen atoms in total. The maximum absolute atomic E-state index is 14.3. The van der Waals surface area contributed by atoms with E-state index in [0.29, 0.717) is 31.4 Å². The summed E-state index contributed by atoms with van der Waals surface area (Å²) in [5, 5.41) is -0.671. The van der Waals surface area contributed by atoms with E-state index in [-0.39, 0.29) is 28.8 Å². The van der Waals surface area contributed by atoms with E-state index in [1.807, 2.05) is 17.6 Å². The third-order valence-corrected chi connectivity index (χ3v) is 10.5. The number of aromatic nitrogens is 4. The molecule has 0 N–H and O–H groups in total. The molecule has 3 atom stereocenters. The van der Waals surface area contributed by atoms with Crippen LogP contribution in [0.3, 0.4) is 0 Å². The molecule has 9 heteroatoms. The van der Waals surface area contributed by atoms with Crippen LogP contribution in [0.1, 0.15) is 46.7 Å². The summed E-state index contributed by atoms with van der Waals surface area (Å²) in [6.07, 6.45) is 8.95. The fourth-order valence-electron chi connectivity index (χ4n) is 6.36. The molecule has 3 aromatic heterocycles. The average molecular weight is 533 g/mol. The Kier molecular flexibility index (Phi) is 5.86. The van der Waals surface area contributed by atoms with Crippen molar-refractivity contribution in [2.45, 2.75) is 49.2 Å². The minimum atomic E-state index is -3.63. The summed E-state index contributed by atoms with van der Waals surface area (Å²) >= 11 is 0. The highest BCUT2D eigenvalue weighted by Gasteiger charge is 2.55. The standard InChI is InChI=1S/C29H29FN4O3S/c1-19-9-11-31-25(13-19)28(35)29-15-23(38(36,37)24-10-12-33(2)17-24)8-3-20(29)14-27-26(16-29)32-18-34(27)22-6-4-21(30)5-7-22/h4-7,9-13,17-18,20,23H,3,8,14-16H2,1-2H3/t20?,23-,29+/m0/s1. The number of carbonyl (C=O) groups is 1. The molecular weight excluding hydrogens is 503 g/mol. The fourth-order valence-corrected chi connectivity index (χ4v) is 8.27. The first kappa shape index (κ1) is 24.7. The molecule has 0 bridgehead atoms. The highest BCUT2D eigenvalue weighted by atomic mass is 32.2. The molecule has 3 heterocycles. The minimum Gasteiger partial charge on any atom is -0.356 e. The lowest BCUT2D eigenvalue weighted by Gasteiger charge is -2.48. The third-order valence-electron chi connectivity index (χ3n) is 8.36. The van der Waals surface area contributed by atoms with Gasteiger partial charge in [-0.25, -0.2) is 17.8 Å². The molecule has 38 heavy (non-hydrogen) atoms. The van der Waals surface area contributed by atoms with E-state index in [1.54, 1.807) is 60.8 Å². The van der Waals surface area contributed by atoms with Gasteiger partial charge >= 0.3 is 0 Å². The van der Waals surface area contributed by atoms with Gasteiger partial charge in [-0.3, -0.25) is 9.78 Å². The van der Waals surface area contributed by atoms with Gasteiger partial charge in [0, 0.05) is 48.9 Å². The van der Waals surface area contributed by atoms with Crippen LogP contribution in [0.15, 0.2) is 72.3 Å². The Morgan fingerprint density at radius 3 is 2.61 bits per heavy atom. The number of Topliss-reactive ketones (excluding diaryl/α,β-unsaturated/α-hetero) is 1. The molecule has 1 aromatic carbocycles. The van der Waals surface area contributed by atoms with Crippen molar-refractivity contribution < 1.29 is 17.6 Å². The van der Waals surface area contributed by atoms with Crippen molar-refractivity contribution >= 4 is 15.6 Å². The summed E-state index contributed by atoms with van der Waals surface area (Å²) in [4.78, 5) is 23.7. The molecule has 4 aromatic rings. The maximum Gasteiger partial charge on any atom is 0.188 e. The van der Waals surface area contributed by atoms with Gasteiger partial charge in [-0.15, -0.1) is 0 Å². The number of aryl methyl sites for hydroxylation is 2. The number of benzene rings is 1. The minimum absolute atomic E-state index is 0.0667. The van der Waals surface area contributed by atoms with Crippen molar-refractivity contribution in [1.29, 1.82) is 0 Å². The Labute approximate surface area is 221 Å². The van der Waals surface area contributed by atoms with Crippen molar-refractivity contribution in [2.75, 3.05) is 0 Å². The van der Waals surface area contributed by atoms with Crippen molar-refractivity contribution in [3.63, 3.8) is 0 Å². The van der Waals surface area contributed by atoms with Gasteiger partial charge in [-0.2, -0.15) is 0 Å². The third kappa shape index (κ3) is 4.00.